The van der Waals surface area contributed by atoms with Crippen molar-refractivity contribution in [2.45, 2.75) is 37.7 Å². The van der Waals surface area contributed by atoms with Crippen molar-refractivity contribution in [3.8, 4) is 5.75 Å². The van der Waals surface area contributed by atoms with Crippen molar-refractivity contribution >= 4 is 0 Å². The molecule has 2 aromatic carbocycles. The van der Waals surface area contributed by atoms with E-state index in [9.17, 15) is 10.2 Å². The highest BCUT2D eigenvalue weighted by molar-refractivity contribution is 5.32. The van der Waals surface area contributed by atoms with Gasteiger partial charge in [0.15, 0.2) is 0 Å². The molecule has 0 amide bonds. The van der Waals surface area contributed by atoms with Crippen LogP contribution in [-0.4, -0.2) is 35.8 Å². The third-order valence-corrected chi connectivity index (χ3v) is 5.84. The van der Waals surface area contributed by atoms with Crippen molar-refractivity contribution in [1.29, 1.82) is 0 Å². The van der Waals surface area contributed by atoms with E-state index >= 15 is 0 Å². The van der Waals surface area contributed by atoms with Crippen LogP contribution in [0.4, 0.5) is 0 Å². The first kappa shape index (κ1) is 18.9. The summed E-state index contributed by atoms with van der Waals surface area (Å²) in [5.74, 6) is 1.04. The average Bonchev–Trinajstić information content (AvgIpc) is 2.63. The molecule has 0 aliphatic heterocycles. The van der Waals surface area contributed by atoms with Crippen LogP contribution in [0.1, 0.15) is 36.8 Å². The fraction of sp³-hybridized carbons (Fsp3) is 0.478. The SMILES string of the molecule is CN(C)CC1CC(CCc2ccccc2)CCC1(O)c1cccc(O)c1. The smallest absolute Gasteiger partial charge is 0.115 e. The Balaban J connectivity index is 1.72. The molecule has 1 saturated carbocycles. The summed E-state index contributed by atoms with van der Waals surface area (Å²) in [7, 11) is 4.13. The van der Waals surface area contributed by atoms with Gasteiger partial charge in [0.2, 0.25) is 0 Å². The van der Waals surface area contributed by atoms with Gasteiger partial charge in [-0.2, -0.15) is 0 Å². The fourth-order valence-corrected chi connectivity index (χ4v) is 4.44. The molecule has 26 heavy (non-hydrogen) atoms. The Morgan fingerprint density at radius 3 is 2.54 bits per heavy atom. The Morgan fingerprint density at radius 1 is 1.08 bits per heavy atom. The summed E-state index contributed by atoms with van der Waals surface area (Å²) in [5, 5.41) is 21.4. The molecular formula is C23H31NO2. The van der Waals surface area contributed by atoms with E-state index < -0.39 is 5.60 Å². The van der Waals surface area contributed by atoms with Gasteiger partial charge in [0, 0.05) is 12.5 Å². The van der Waals surface area contributed by atoms with E-state index in [4.69, 9.17) is 0 Å². The Bertz CT molecular complexity index is 700. The molecule has 1 aliphatic rings. The minimum Gasteiger partial charge on any atom is -0.508 e. The molecule has 3 atom stereocenters. The van der Waals surface area contributed by atoms with E-state index in [0.29, 0.717) is 5.92 Å². The lowest BCUT2D eigenvalue weighted by atomic mass is 9.66. The van der Waals surface area contributed by atoms with Crippen LogP contribution in [0.5, 0.6) is 5.75 Å². The second-order valence-electron chi connectivity index (χ2n) is 8.10. The van der Waals surface area contributed by atoms with Gasteiger partial charge in [0.1, 0.15) is 5.75 Å². The van der Waals surface area contributed by atoms with E-state index in [1.54, 1.807) is 12.1 Å². The molecule has 0 spiro atoms. The number of rotatable bonds is 6. The van der Waals surface area contributed by atoms with Gasteiger partial charge in [-0.1, -0.05) is 42.5 Å². The van der Waals surface area contributed by atoms with Crippen molar-refractivity contribution in [1.82, 2.24) is 4.90 Å². The summed E-state index contributed by atoms with van der Waals surface area (Å²) in [6.45, 7) is 0.855. The molecule has 0 heterocycles. The number of hydrogen-bond acceptors (Lipinski definition) is 3. The zero-order valence-corrected chi connectivity index (χ0v) is 15.9. The Labute approximate surface area is 157 Å². The lowest BCUT2D eigenvalue weighted by Gasteiger charge is -2.44. The largest absolute Gasteiger partial charge is 0.508 e. The van der Waals surface area contributed by atoms with Crippen LogP contribution in [0, 0.1) is 11.8 Å². The second kappa shape index (κ2) is 8.24. The number of benzene rings is 2. The Morgan fingerprint density at radius 2 is 1.85 bits per heavy atom. The van der Waals surface area contributed by atoms with Gasteiger partial charge in [-0.25, -0.2) is 0 Å². The molecule has 3 unspecified atom stereocenters. The summed E-state index contributed by atoms with van der Waals surface area (Å²) < 4.78 is 0. The van der Waals surface area contributed by atoms with Crippen molar-refractivity contribution in [3.05, 3.63) is 65.7 Å². The van der Waals surface area contributed by atoms with Crippen LogP contribution in [0.15, 0.2) is 54.6 Å². The van der Waals surface area contributed by atoms with E-state index in [2.05, 4.69) is 49.3 Å². The van der Waals surface area contributed by atoms with Crippen LogP contribution in [0.2, 0.25) is 0 Å². The molecule has 0 aromatic heterocycles. The maximum Gasteiger partial charge on any atom is 0.115 e. The summed E-state index contributed by atoms with van der Waals surface area (Å²) in [5.41, 5.74) is 1.39. The normalized spacial score (nSPS) is 26.2. The Hall–Kier alpha value is -1.84. The molecule has 2 aromatic rings. The molecule has 0 saturated heterocycles. The van der Waals surface area contributed by atoms with Gasteiger partial charge >= 0.3 is 0 Å². The number of aromatic hydroxyl groups is 1. The molecule has 140 valence electrons. The summed E-state index contributed by atoms with van der Waals surface area (Å²) in [6.07, 6.45) is 5.09. The predicted molar refractivity (Wildman–Crippen MR) is 106 cm³/mol. The van der Waals surface area contributed by atoms with Gasteiger partial charge in [-0.05, 0) is 75.4 Å². The molecular weight excluding hydrogens is 322 g/mol. The molecule has 2 N–H and O–H groups in total. The van der Waals surface area contributed by atoms with Crippen LogP contribution >= 0.6 is 0 Å². The minimum atomic E-state index is -0.855. The standard InChI is InChI=1S/C23H31NO2/c1-24(2)17-21-15-19(12-11-18-7-4-3-5-8-18)13-14-23(21,26)20-9-6-10-22(25)16-20/h3-10,16,19,21,25-26H,11-15,17H2,1-2H3. The highest BCUT2D eigenvalue weighted by Gasteiger charge is 2.43. The van der Waals surface area contributed by atoms with Crippen LogP contribution < -0.4 is 0 Å². The lowest BCUT2D eigenvalue weighted by molar-refractivity contribution is -0.0761. The summed E-state index contributed by atoms with van der Waals surface area (Å²) in [4.78, 5) is 2.16. The van der Waals surface area contributed by atoms with Crippen molar-refractivity contribution < 1.29 is 10.2 Å². The average molecular weight is 354 g/mol. The van der Waals surface area contributed by atoms with Gasteiger partial charge < -0.3 is 15.1 Å². The fourth-order valence-electron chi connectivity index (χ4n) is 4.44. The molecule has 3 heteroatoms. The van der Waals surface area contributed by atoms with E-state index in [1.165, 1.54) is 12.0 Å². The van der Waals surface area contributed by atoms with Gasteiger partial charge in [-0.3, -0.25) is 0 Å². The van der Waals surface area contributed by atoms with Crippen LogP contribution in [0.25, 0.3) is 0 Å². The first-order valence-electron chi connectivity index (χ1n) is 9.68. The lowest BCUT2D eigenvalue weighted by Crippen LogP contribution is -2.45. The van der Waals surface area contributed by atoms with E-state index in [1.807, 2.05) is 12.1 Å². The molecule has 1 fully saturated rings. The van der Waals surface area contributed by atoms with Crippen molar-refractivity contribution in [3.63, 3.8) is 0 Å². The number of nitrogens with zero attached hydrogens (tertiary/aromatic N) is 1. The first-order chi connectivity index (χ1) is 12.5. The molecule has 3 rings (SSSR count). The van der Waals surface area contributed by atoms with E-state index in [0.717, 1.165) is 37.8 Å². The molecule has 1 aliphatic carbocycles. The number of phenols is 1. The maximum absolute atomic E-state index is 11.5. The minimum absolute atomic E-state index is 0.175. The van der Waals surface area contributed by atoms with Crippen molar-refractivity contribution in [2.24, 2.45) is 11.8 Å². The molecule has 0 radical (unpaired) electrons. The van der Waals surface area contributed by atoms with Crippen LogP contribution in [-0.2, 0) is 12.0 Å². The second-order valence-corrected chi connectivity index (χ2v) is 8.10. The summed E-state index contributed by atoms with van der Waals surface area (Å²) >= 11 is 0. The first-order valence-corrected chi connectivity index (χ1v) is 9.68. The Kier molecular flexibility index (Phi) is 6.00. The van der Waals surface area contributed by atoms with Crippen LogP contribution in [0.3, 0.4) is 0 Å². The highest BCUT2D eigenvalue weighted by atomic mass is 16.3. The van der Waals surface area contributed by atoms with Gasteiger partial charge in [0.05, 0.1) is 5.60 Å². The number of aliphatic hydroxyl groups is 1. The highest BCUT2D eigenvalue weighted by Crippen LogP contribution is 2.45. The van der Waals surface area contributed by atoms with E-state index in [-0.39, 0.29) is 11.7 Å². The van der Waals surface area contributed by atoms with Gasteiger partial charge in [0.25, 0.3) is 0 Å². The number of hydrogen-bond donors (Lipinski definition) is 2. The molecule has 3 nitrogen and oxygen atoms in total. The number of aryl methyl sites for hydroxylation is 1. The van der Waals surface area contributed by atoms with Gasteiger partial charge in [-0.15, -0.1) is 0 Å². The third kappa shape index (κ3) is 4.46. The molecule has 0 bridgehead atoms. The topological polar surface area (TPSA) is 43.7 Å². The van der Waals surface area contributed by atoms with Crippen molar-refractivity contribution in [2.75, 3.05) is 20.6 Å². The monoisotopic (exact) mass is 353 g/mol. The zero-order valence-electron chi connectivity index (χ0n) is 15.9. The maximum atomic E-state index is 11.5. The predicted octanol–water partition coefficient (Wildman–Crippen LogP) is 4.19. The summed E-state index contributed by atoms with van der Waals surface area (Å²) in [6, 6.07) is 17.8. The third-order valence-electron chi connectivity index (χ3n) is 5.84. The number of phenolic OH excluding ortho intramolecular Hbond substituents is 1. The zero-order chi connectivity index (χ0) is 18.6. The quantitative estimate of drug-likeness (QED) is 0.818.